The van der Waals surface area contributed by atoms with Gasteiger partial charge >= 0.3 is 14.2 Å². The number of hydrogen-bond donors (Lipinski definition) is 0. The highest BCUT2D eigenvalue weighted by molar-refractivity contribution is 7.41. The summed E-state index contributed by atoms with van der Waals surface area (Å²) in [6.07, 6.45) is -0.904. The van der Waals surface area contributed by atoms with Crippen LogP contribution in [0.15, 0.2) is 42.5 Å². The third-order valence-electron chi connectivity index (χ3n) is 5.54. The van der Waals surface area contributed by atoms with Gasteiger partial charge in [-0.1, -0.05) is 32.4 Å². The van der Waals surface area contributed by atoms with Gasteiger partial charge < -0.3 is 4.90 Å². The summed E-state index contributed by atoms with van der Waals surface area (Å²) in [5, 5.41) is 8.32. The third-order valence-corrected chi connectivity index (χ3v) is 7.30. The maximum Gasteiger partial charge on any atom is 0.584 e. The molecule has 0 amide bonds. The van der Waals surface area contributed by atoms with Crippen LogP contribution in [0.25, 0.3) is 0 Å². The second kappa shape index (κ2) is 10.2. The van der Waals surface area contributed by atoms with Gasteiger partial charge in [-0.3, -0.25) is 4.52 Å². The van der Waals surface area contributed by atoms with E-state index in [0.29, 0.717) is 12.5 Å². The molecule has 0 aliphatic heterocycles. The summed E-state index contributed by atoms with van der Waals surface area (Å²) in [4.78, 5) is 1.85. The first-order valence-electron chi connectivity index (χ1n) is 10.2. The van der Waals surface area contributed by atoms with Crippen LogP contribution in [0.3, 0.4) is 0 Å². The largest absolute Gasteiger partial charge is 0.584 e. The highest BCUT2D eigenvalue weighted by Gasteiger charge is 2.51. The Morgan fingerprint density at radius 2 is 1.77 bits per heavy atom. The zero-order valence-corrected chi connectivity index (χ0v) is 19.1. The van der Waals surface area contributed by atoms with E-state index in [2.05, 4.69) is 6.92 Å². The van der Waals surface area contributed by atoms with Gasteiger partial charge in [0.25, 0.3) is 5.28 Å². The van der Waals surface area contributed by atoms with E-state index >= 15 is 0 Å². The molecule has 0 bridgehead atoms. The number of alkyl halides is 3. The summed E-state index contributed by atoms with van der Waals surface area (Å²) in [5.41, 5.74) is 0.815. The molecular formula is C23H27F3N2O2P+. The molecule has 31 heavy (non-hydrogen) atoms. The van der Waals surface area contributed by atoms with Crippen LogP contribution < -0.4 is 9.42 Å². The monoisotopic (exact) mass is 451 g/mol. The van der Waals surface area contributed by atoms with Gasteiger partial charge in [0.15, 0.2) is 0 Å². The Hall–Kier alpha value is -2.58. The van der Waals surface area contributed by atoms with Crippen LogP contribution in [0.5, 0.6) is 5.75 Å². The molecular weight excluding hydrogens is 424 g/mol. The van der Waals surface area contributed by atoms with E-state index in [1.165, 1.54) is 5.56 Å². The Labute approximate surface area is 182 Å². The first-order valence-corrected chi connectivity index (χ1v) is 11.3. The highest BCUT2D eigenvalue weighted by Crippen LogP contribution is 2.47. The van der Waals surface area contributed by atoms with Crippen molar-refractivity contribution in [2.24, 2.45) is 0 Å². The van der Waals surface area contributed by atoms with Crippen molar-refractivity contribution in [2.45, 2.75) is 57.9 Å². The smallest absolute Gasteiger partial charge is 0.326 e. The number of nitrogens with zero attached hydrogens (tertiary/aromatic N) is 2. The van der Waals surface area contributed by atoms with E-state index in [-0.39, 0.29) is 11.3 Å². The normalized spacial score (nSPS) is 13.8. The lowest BCUT2D eigenvalue weighted by Crippen LogP contribution is -2.41. The third kappa shape index (κ3) is 5.77. The lowest BCUT2D eigenvalue weighted by Gasteiger charge is -2.30. The van der Waals surface area contributed by atoms with Crippen LogP contribution in [-0.4, -0.2) is 12.3 Å². The predicted molar refractivity (Wildman–Crippen MR) is 117 cm³/mol. The maximum absolute atomic E-state index is 13.2. The maximum atomic E-state index is 13.2. The van der Waals surface area contributed by atoms with Crippen LogP contribution >= 0.6 is 8.03 Å². The van der Waals surface area contributed by atoms with Crippen molar-refractivity contribution < 1.29 is 22.3 Å². The number of hydrogen-bond acceptors (Lipinski definition) is 4. The van der Waals surface area contributed by atoms with E-state index in [9.17, 15) is 23.0 Å². The molecule has 0 saturated carbocycles. The lowest BCUT2D eigenvalue weighted by molar-refractivity contribution is -0.137. The van der Waals surface area contributed by atoms with E-state index < -0.39 is 25.0 Å². The zero-order chi connectivity index (χ0) is 23.2. The van der Waals surface area contributed by atoms with Gasteiger partial charge in [0.1, 0.15) is 11.6 Å². The van der Waals surface area contributed by atoms with Crippen molar-refractivity contribution in [1.82, 2.24) is 0 Å². The summed E-state index contributed by atoms with van der Waals surface area (Å²) in [6.45, 7) is 5.77. The van der Waals surface area contributed by atoms with Crippen molar-refractivity contribution in [1.29, 1.82) is 5.26 Å². The highest BCUT2D eigenvalue weighted by atomic mass is 31.1. The zero-order valence-electron chi connectivity index (χ0n) is 18.2. The van der Waals surface area contributed by atoms with Crippen LogP contribution in [-0.2, 0) is 17.2 Å². The van der Waals surface area contributed by atoms with Crippen LogP contribution in [0.1, 0.15) is 56.7 Å². The van der Waals surface area contributed by atoms with Gasteiger partial charge in [-0.05, 0) is 53.3 Å². The first kappa shape index (κ1) is 24.7. The average molecular weight is 451 g/mol. The van der Waals surface area contributed by atoms with Gasteiger partial charge in [0.05, 0.1) is 5.56 Å². The van der Waals surface area contributed by atoms with E-state index in [0.717, 1.165) is 37.1 Å². The minimum absolute atomic E-state index is 0.125. The molecule has 2 rings (SSSR count). The van der Waals surface area contributed by atoms with Gasteiger partial charge in [-0.15, -0.1) is 0 Å². The second-order valence-corrected chi connectivity index (χ2v) is 9.23. The van der Waals surface area contributed by atoms with Gasteiger partial charge in [0, 0.05) is 26.1 Å². The van der Waals surface area contributed by atoms with Gasteiger partial charge in [-0.25, -0.2) is 0 Å². The summed E-state index contributed by atoms with van der Waals surface area (Å²) >= 11 is 0. The van der Waals surface area contributed by atoms with Crippen LogP contribution in [0, 0.1) is 11.3 Å². The summed E-state index contributed by atoms with van der Waals surface area (Å²) in [7, 11) is -0.594. The molecule has 0 radical (unpaired) electrons. The van der Waals surface area contributed by atoms with Crippen molar-refractivity contribution in [2.75, 3.05) is 11.9 Å². The summed E-state index contributed by atoms with van der Waals surface area (Å²) in [5.74, 6) is -0.125. The molecule has 0 aliphatic rings. The molecule has 2 atom stereocenters. The Bertz CT molecular complexity index is 955. The SMILES string of the molecule is CCCCc1ccc(N(C)C(C)(CC)[P+](=O)Oc2ccc(C(F)(F)F)cc2C#N)cc1. The fourth-order valence-electron chi connectivity index (χ4n) is 3.09. The van der Waals surface area contributed by atoms with Crippen molar-refractivity contribution in [3.8, 4) is 11.8 Å². The van der Waals surface area contributed by atoms with Gasteiger partial charge in [-0.2, -0.15) is 18.4 Å². The molecule has 8 heteroatoms. The minimum Gasteiger partial charge on any atom is -0.326 e. The van der Waals surface area contributed by atoms with E-state index in [1.807, 2.05) is 36.1 Å². The molecule has 0 saturated heterocycles. The molecule has 0 heterocycles. The van der Waals surface area contributed by atoms with E-state index in [1.54, 1.807) is 20.0 Å². The number of unbranched alkanes of at least 4 members (excludes halogenated alkanes) is 1. The standard InChI is InChI=1S/C23H27F3N2O2P/c1-5-7-8-17-9-12-20(13-10-17)28(4)22(3,6-2)31(29)30-21-14-11-19(23(24,25)26)15-18(21)16-27/h9-15H,5-8H2,1-4H3/q+1. The Kier molecular flexibility index (Phi) is 8.08. The van der Waals surface area contributed by atoms with Crippen LogP contribution in [0.4, 0.5) is 18.9 Å². The van der Waals surface area contributed by atoms with Crippen LogP contribution in [0.2, 0.25) is 0 Å². The van der Waals surface area contributed by atoms with Crippen molar-refractivity contribution in [3.63, 3.8) is 0 Å². The summed E-state index contributed by atoms with van der Waals surface area (Å²) in [6, 6.07) is 12.3. The average Bonchev–Trinajstić information content (AvgIpc) is 2.76. The number of benzene rings is 2. The number of aryl methyl sites for hydroxylation is 1. The second-order valence-electron chi connectivity index (χ2n) is 7.57. The minimum atomic E-state index is -4.58. The van der Waals surface area contributed by atoms with E-state index in [4.69, 9.17) is 4.52 Å². The molecule has 2 aromatic carbocycles. The van der Waals surface area contributed by atoms with Crippen molar-refractivity contribution >= 4 is 13.7 Å². The summed E-state index contributed by atoms with van der Waals surface area (Å²) < 4.78 is 57.5. The lowest BCUT2D eigenvalue weighted by atomic mass is 10.1. The van der Waals surface area contributed by atoms with Crippen molar-refractivity contribution in [3.05, 3.63) is 59.2 Å². The number of anilines is 1. The predicted octanol–water partition coefficient (Wildman–Crippen LogP) is 7.30. The topological polar surface area (TPSA) is 53.3 Å². The fourth-order valence-corrected chi connectivity index (χ4v) is 4.25. The molecule has 2 aromatic rings. The Morgan fingerprint density at radius 1 is 1.13 bits per heavy atom. The fraction of sp³-hybridized carbons (Fsp3) is 0.435. The Morgan fingerprint density at radius 3 is 2.29 bits per heavy atom. The van der Waals surface area contributed by atoms with Gasteiger partial charge in [0.2, 0.25) is 5.75 Å². The molecule has 0 aromatic heterocycles. The number of nitriles is 1. The number of halogens is 3. The molecule has 166 valence electrons. The quantitative estimate of drug-likeness (QED) is 0.375. The molecule has 0 spiro atoms. The molecule has 0 fully saturated rings. The molecule has 4 nitrogen and oxygen atoms in total. The molecule has 0 aliphatic carbocycles. The molecule has 2 unspecified atom stereocenters. The molecule has 0 N–H and O–H groups in total. The number of rotatable bonds is 9. The Balaban J connectivity index is 2.26. The first-order chi connectivity index (χ1) is 14.6.